The molecule has 0 heterocycles. The van der Waals surface area contributed by atoms with Crippen molar-refractivity contribution in [3.05, 3.63) is 0 Å². The fourth-order valence-corrected chi connectivity index (χ4v) is 1.06. The minimum Gasteiger partial charge on any atom is -0.104 e. The van der Waals surface area contributed by atoms with Gasteiger partial charge >= 0.3 is 0 Å². The lowest BCUT2D eigenvalue weighted by Gasteiger charge is -1.86. The van der Waals surface area contributed by atoms with Crippen molar-refractivity contribution in [2.24, 2.45) is 0 Å². The average molecular weight is 236 g/mol. The molecule has 0 fully saturated rings. The summed E-state index contributed by atoms with van der Waals surface area (Å²) in [6, 6.07) is 0. The molecule has 0 rings (SSSR count). The predicted molar refractivity (Wildman–Crippen MR) is 50.8 cm³/mol. The van der Waals surface area contributed by atoms with Gasteiger partial charge in [-0.2, -0.15) is 0 Å². The molecule has 52 valence electrons. The van der Waals surface area contributed by atoms with Gasteiger partial charge in [0.25, 0.3) is 0 Å². The maximum Gasteiger partial charge on any atom is 0.00889 e. The Balaban J connectivity index is 2.90. The SMILES string of the molecule is CCC#CCCCCI. The van der Waals surface area contributed by atoms with Crippen LogP contribution in [-0.2, 0) is 0 Å². The number of hydrogen-bond acceptors (Lipinski definition) is 0. The summed E-state index contributed by atoms with van der Waals surface area (Å²) in [5.74, 6) is 6.17. The molecule has 9 heavy (non-hydrogen) atoms. The molecule has 0 unspecified atom stereocenters. The maximum absolute atomic E-state index is 3.12. The number of hydrogen-bond donors (Lipinski definition) is 0. The first-order valence-electron chi connectivity index (χ1n) is 3.43. The molecule has 0 aromatic rings. The third kappa shape index (κ3) is 8.29. The molecule has 0 aliphatic heterocycles. The Labute approximate surface area is 71.6 Å². The Morgan fingerprint density at radius 2 is 2.00 bits per heavy atom. The Morgan fingerprint density at radius 3 is 2.56 bits per heavy atom. The van der Waals surface area contributed by atoms with E-state index in [9.17, 15) is 0 Å². The van der Waals surface area contributed by atoms with E-state index in [1.54, 1.807) is 0 Å². The molecular weight excluding hydrogens is 223 g/mol. The second-order valence-corrected chi connectivity index (χ2v) is 2.93. The standard InChI is InChI=1S/C8H13I/c1-2-3-4-5-6-7-8-9/h2,5-8H2,1H3. The molecule has 0 spiro atoms. The van der Waals surface area contributed by atoms with Crippen LogP contribution >= 0.6 is 22.6 Å². The first-order valence-corrected chi connectivity index (χ1v) is 4.96. The highest BCUT2D eigenvalue weighted by Crippen LogP contribution is 1.96. The summed E-state index contributed by atoms with van der Waals surface area (Å²) >= 11 is 2.40. The molecule has 0 aliphatic rings. The highest BCUT2D eigenvalue weighted by molar-refractivity contribution is 14.1. The van der Waals surface area contributed by atoms with E-state index in [1.165, 1.54) is 17.3 Å². The van der Waals surface area contributed by atoms with Gasteiger partial charge in [-0.25, -0.2) is 0 Å². The summed E-state index contributed by atoms with van der Waals surface area (Å²) in [6.45, 7) is 2.09. The third-order valence-electron chi connectivity index (χ3n) is 0.987. The van der Waals surface area contributed by atoms with E-state index >= 15 is 0 Å². The monoisotopic (exact) mass is 236 g/mol. The lowest BCUT2D eigenvalue weighted by atomic mass is 10.2. The third-order valence-corrected chi connectivity index (χ3v) is 1.75. The van der Waals surface area contributed by atoms with Crippen LogP contribution in [-0.4, -0.2) is 4.43 Å². The van der Waals surface area contributed by atoms with E-state index in [2.05, 4.69) is 41.4 Å². The van der Waals surface area contributed by atoms with Gasteiger partial charge in [-0.3, -0.25) is 0 Å². The molecule has 1 heteroatoms. The van der Waals surface area contributed by atoms with E-state index in [1.807, 2.05) is 0 Å². The Hall–Kier alpha value is 0.290. The number of alkyl halides is 1. The summed E-state index contributed by atoms with van der Waals surface area (Å²) in [5.41, 5.74) is 0. The summed E-state index contributed by atoms with van der Waals surface area (Å²) in [4.78, 5) is 0. The van der Waals surface area contributed by atoms with E-state index in [4.69, 9.17) is 0 Å². The molecule has 0 bridgehead atoms. The van der Waals surface area contributed by atoms with Crippen LogP contribution in [0.5, 0.6) is 0 Å². The lowest BCUT2D eigenvalue weighted by Crippen LogP contribution is -1.73. The lowest BCUT2D eigenvalue weighted by molar-refractivity contribution is 0.844. The van der Waals surface area contributed by atoms with E-state index < -0.39 is 0 Å². The van der Waals surface area contributed by atoms with Crippen LogP contribution < -0.4 is 0 Å². The van der Waals surface area contributed by atoms with Crippen LogP contribution in [0.3, 0.4) is 0 Å². The van der Waals surface area contributed by atoms with Gasteiger partial charge in [0.2, 0.25) is 0 Å². The fraction of sp³-hybridized carbons (Fsp3) is 0.750. The minimum absolute atomic E-state index is 1.00. The molecule has 0 aliphatic carbocycles. The second-order valence-electron chi connectivity index (χ2n) is 1.85. The van der Waals surface area contributed by atoms with Crippen molar-refractivity contribution in [1.82, 2.24) is 0 Å². The molecule has 0 atom stereocenters. The molecule has 0 N–H and O–H groups in total. The van der Waals surface area contributed by atoms with Crippen molar-refractivity contribution in [2.75, 3.05) is 4.43 Å². The number of halogens is 1. The normalized spacial score (nSPS) is 8.22. The van der Waals surface area contributed by atoms with Crippen molar-refractivity contribution >= 4 is 22.6 Å². The maximum atomic E-state index is 3.12. The van der Waals surface area contributed by atoms with Gasteiger partial charge in [0.05, 0.1) is 0 Å². The van der Waals surface area contributed by atoms with Crippen molar-refractivity contribution in [3.8, 4) is 11.8 Å². The molecule has 0 radical (unpaired) electrons. The molecule has 0 saturated carbocycles. The first kappa shape index (κ1) is 9.29. The van der Waals surface area contributed by atoms with Gasteiger partial charge in [-0.05, 0) is 17.3 Å². The van der Waals surface area contributed by atoms with Crippen LogP contribution in [0.15, 0.2) is 0 Å². The minimum atomic E-state index is 1.00. The van der Waals surface area contributed by atoms with E-state index in [0.29, 0.717) is 0 Å². The van der Waals surface area contributed by atoms with Crippen molar-refractivity contribution < 1.29 is 0 Å². The summed E-state index contributed by atoms with van der Waals surface area (Å²) in [7, 11) is 0. The smallest absolute Gasteiger partial charge is 0.00889 e. The first-order chi connectivity index (χ1) is 4.41. The predicted octanol–water partition coefficient (Wildman–Crippen LogP) is 3.01. The Morgan fingerprint density at radius 1 is 1.22 bits per heavy atom. The largest absolute Gasteiger partial charge is 0.104 e. The number of rotatable bonds is 3. The molecule has 0 amide bonds. The fourth-order valence-electron chi connectivity index (χ4n) is 0.521. The summed E-state index contributed by atoms with van der Waals surface area (Å²) in [6.07, 6.45) is 4.69. The van der Waals surface area contributed by atoms with Crippen LogP contribution in [0.25, 0.3) is 0 Å². The number of unbranched alkanes of at least 4 members (excludes halogenated alkanes) is 2. The second kappa shape index (κ2) is 8.29. The van der Waals surface area contributed by atoms with Crippen LogP contribution in [0.4, 0.5) is 0 Å². The van der Waals surface area contributed by atoms with E-state index in [0.717, 1.165) is 12.8 Å². The van der Waals surface area contributed by atoms with Gasteiger partial charge in [0.1, 0.15) is 0 Å². The van der Waals surface area contributed by atoms with Crippen LogP contribution in [0, 0.1) is 11.8 Å². The zero-order chi connectivity index (χ0) is 6.95. The summed E-state index contributed by atoms with van der Waals surface area (Å²) < 4.78 is 1.27. The van der Waals surface area contributed by atoms with Crippen molar-refractivity contribution in [1.29, 1.82) is 0 Å². The quantitative estimate of drug-likeness (QED) is 0.306. The molecule has 0 aromatic carbocycles. The van der Waals surface area contributed by atoms with Gasteiger partial charge in [-0.15, -0.1) is 11.8 Å². The average Bonchev–Trinajstić information content (AvgIpc) is 1.89. The molecule has 0 saturated heterocycles. The Bertz CT molecular complexity index is 96.9. The van der Waals surface area contributed by atoms with Gasteiger partial charge in [0.15, 0.2) is 0 Å². The Kier molecular flexibility index (Phi) is 8.56. The van der Waals surface area contributed by atoms with Gasteiger partial charge in [0, 0.05) is 12.8 Å². The van der Waals surface area contributed by atoms with Gasteiger partial charge in [-0.1, -0.05) is 29.5 Å². The topological polar surface area (TPSA) is 0 Å². The van der Waals surface area contributed by atoms with Crippen LogP contribution in [0.2, 0.25) is 0 Å². The van der Waals surface area contributed by atoms with Crippen molar-refractivity contribution in [2.45, 2.75) is 32.6 Å². The van der Waals surface area contributed by atoms with Gasteiger partial charge < -0.3 is 0 Å². The molecule has 0 nitrogen and oxygen atoms in total. The highest BCUT2D eigenvalue weighted by Gasteiger charge is 1.79. The molecule has 0 aromatic heterocycles. The zero-order valence-corrected chi connectivity index (χ0v) is 8.07. The highest BCUT2D eigenvalue weighted by atomic mass is 127. The summed E-state index contributed by atoms with van der Waals surface area (Å²) in [5, 5.41) is 0. The van der Waals surface area contributed by atoms with Crippen LogP contribution in [0.1, 0.15) is 32.6 Å². The van der Waals surface area contributed by atoms with E-state index in [-0.39, 0.29) is 0 Å². The molecular formula is C8H13I. The van der Waals surface area contributed by atoms with Crippen molar-refractivity contribution in [3.63, 3.8) is 0 Å². The zero-order valence-electron chi connectivity index (χ0n) is 5.91.